The van der Waals surface area contributed by atoms with E-state index in [4.69, 9.17) is 5.73 Å². The van der Waals surface area contributed by atoms with Gasteiger partial charge in [-0.3, -0.25) is 4.79 Å². The van der Waals surface area contributed by atoms with Crippen LogP contribution < -0.4 is 16.4 Å². The second kappa shape index (κ2) is 7.08. The Morgan fingerprint density at radius 3 is 2.57 bits per heavy atom. The Hall–Kier alpha value is -2.63. The molecule has 0 saturated heterocycles. The first-order valence-electron chi connectivity index (χ1n) is 9.98. The van der Waals surface area contributed by atoms with Crippen LogP contribution >= 0.6 is 0 Å². The summed E-state index contributed by atoms with van der Waals surface area (Å²) in [6.07, 6.45) is 4.30. The lowest BCUT2D eigenvalue weighted by Gasteiger charge is -2.45. The van der Waals surface area contributed by atoms with Gasteiger partial charge >= 0.3 is 0 Å². The summed E-state index contributed by atoms with van der Waals surface area (Å²) in [6, 6.07) is 4.10. The van der Waals surface area contributed by atoms with Crippen molar-refractivity contribution in [1.82, 2.24) is 15.3 Å². The van der Waals surface area contributed by atoms with E-state index in [0.717, 1.165) is 47.2 Å². The fourth-order valence-electron chi connectivity index (χ4n) is 4.29. The highest BCUT2D eigenvalue weighted by Gasteiger charge is 2.52. The van der Waals surface area contributed by atoms with Crippen LogP contribution in [0.5, 0.6) is 0 Å². The molecule has 1 aromatic carbocycles. The molecule has 6 heteroatoms. The van der Waals surface area contributed by atoms with Crippen molar-refractivity contribution in [1.29, 1.82) is 0 Å². The maximum absolute atomic E-state index is 12.9. The lowest BCUT2D eigenvalue weighted by atomic mass is 9.65. The first-order valence-corrected chi connectivity index (χ1v) is 9.98. The molecule has 1 aliphatic rings. The zero-order valence-electron chi connectivity index (χ0n) is 17.7. The van der Waals surface area contributed by atoms with Gasteiger partial charge in [-0.05, 0) is 55.4 Å². The van der Waals surface area contributed by atoms with Crippen molar-refractivity contribution in [3.8, 4) is 0 Å². The third-order valence-electron chi connectivity index (χ3n) is 6.40. The van der Waals surface area contributed by atoms with E-state index in [2.05, 4.69) is 54.4 Å². The van der Waals surface area contributed by atoms with Crippen LogP contribution in [0.3, 0.4) is 0 Å². The number of rotatable bonds is 6. The third-order valence-corrected chi connectivity index (χ3v) is 6.40. The normalized spacial score (nSPS) is 18.7. The van der Waals surface area contributed by atoms with Crippen LogP contribution in [0.25, 0.3) is 0 Å². The third kappa shape index (κ3) is 3.01. The molecule has 1 atom stereocenters. The topological polar surface area (TPSA) is 92.9 Å². The highest BCUT2D eigenvalue weighted by Crippen LogP contribution is 2.50. The summed E-state index contributed by atoms with van der Waals surface area (Å²) < 4.78 is 0. The number of anilines is 3. The first-order chi connectivity index (χ1) is 13.2. The number of nitrogens with one attached hydrogen (secondary N) is 2. The molecule has 28 heavy (non-hydrogen) atoms. The summed E-state index contributed by atoms with van der Waals surface area (Å²) >= 11 is 0. The average molecular weight is 382 g/mol. The molecule has 0 radical (unpaired) electrons. The van der Waals surface area contributed by atoms with Crippen LogP contribution in [0.1, 0.15) is 74.0 Å². The molecular formula is C22H31N5O. The summed E-state index contributed by atoms with van der Waals surface area (Å²) in [5.41, 5.74) is 10.0. The molecule has 0 spiro atoms. The van der Waals surface area contributed by atoms with E-state index < -0.39 is 0 Å². The molecule has 1 amide bonds. The zero-order valence-corrected chi connectivity index (χ0v) is 17.7. The Balaban J connectivity index is 2.16. The summed E-state index contributed by atoms with van der Waals surface area (Å²) in [6.45, 7) is 12.7. The number of amides is 1. The number of carbonyl (C=O) groups is 1. The minimum atomic E-state index is -0.384. The van der Waals surface area contributed by atoms with Crippen LogP contribution in [0.15, 0.2) is 18.5 Å². The quantitative estimate of drug-likeness (QED) is 0.680. The van der Waals surface area contributed by atoms with Crippen molar-refractivity contribution in [2.24, 2.45) is 5.41 Å². The standard InChI is InChI=1S/C22H31N5O/c1-7-9-22(21(5,6)8-2)16-11-15(10-13(3)17(16)20(28)27-22)26-19-14(4)18(23)24-12-25-19/h10-12H,7-9H2,1-6H3,(H,27,28)(H3,23,24,25,26). The predicted molar refractivity (Wildman–Crippen MR) is 114 cm³/mol. The number of nitrogens with two attached hydrogens (primary N) is 1. The Morgan fingerprint density at radius 2 is 1.93 bits per heavy atom. The Morgan fingerprint density at radius 1 is 1.21 bits per heavy atom. The second-order valence-corrected chi connectivity index (χ2v) is 8.42. The molecule has 0 aliphatic carbocycles. The maximum atomic E-state index is 12.9. The number of fused-ring (bicyclic) bond motifs is 1. The van der Waals surface area contributed by atoms with Gasteiger partial charge in [0.2, 0.25) is 0 Å². The molecule has 6 nitrogen and oxygen atoms in total. The molecule has 1 aromatic heterocycles. The fraction of sp³-hybridized carbons (Fsp3) is 0.500. The van der Waals surface area contributed by atoms with Gasteiger partial charge < -0.3 is 16.4 Å². The molecule has 150 valence electrons. The van der Waals surface area contributed by atoms with E-state index in [1.807, 2.05) is 19.9 Å². The van der Waals surface area contributed by atoms with E-state index in [0.29, 0.717) is 11.6 Å². The largest absolute Gasteiger partial charge is 0.383 e. The van der Waals surface area contributed by atoms with Crippen LogP contribution in [-0.4, -0.2) is 15.9 Å². The first kappa shape index (κ1) is 20.1. The summed E-state index contributed by atoms with van der Waals surface area (Å²) in [5, 5.41) is 6.74. The van der Waals surface area contributed by atoms with Crippen molar-refractivity contribution >= 4 is 23.2 Å². The molecule has 0 saturated carbocycles. The number of nitrogens with zero attached hydrogens (tertiary/aromatic N) is 2. The number of hydrogen-bond acceptors (Lipinski definition) is 5. The smallest absolute Gasteiger partial charge is 0.252 e. The van der Waals surface area contributed by atoms with E-state index in [1.54, 1.807) is 0 Å². The van der Waals surface area contributed by atoms with Gasteiger partial charge in [0, 0.05) is 16.8 Å². The van der Waals surface area contributed by atoms with E-state index in [1.165, 1.54) is 6.33 Å². The number of carbonyl (C=O) groups excluding carboxylic acids is 1. The fourth-order valence-corrected chi connectivity index (χ4v) is 4.29. The monoisotopic (exact) mass is 381 g/mol. The summed E-state index contributed by atoms with van der Waals surface area (Å²) in [5.74, 6) is 1.16. The minimum Gasteiger partial charge on any atom is -0.383 e. The van der Waals surface area contributed by atoms with Gasteiger partial charge in [-0.15, -0.1) is 0 Å². The van der Waals surface area contributed by atoms with Crippen molar-refractivity contribution in [2.45, 2.75) is 66.3 Å². The zero-order chi connectivity index (χ0) is 20.7. The number of aryl methyl sites for hydroxylation is 1. The lowest BCUT2D eigenvalue weighted by molar-refractivity contribution is 0.0751. The summed E-state index contributed by atoms with van der Waals surface area (Å²) in [4.78, 5) is 21.3. The van der Waals surface area contributed by atoms with Gasteiger partial charge in [-0.2, -0.15) is 0 Å². The minimum absolute atomic E-state index is 0.0245. The highest BCUT2D eigenvalue weighted by molar-refractivity contribution is 6.02. The van der Waals surface area contributed by atoms with Crippen LogP contribution in [0.2, 0.25) is 0 Å². The maximum Gasteiger partial charge on any atom is 0.252 e. The Labute approximate surface area is 167 Å². The van der Waals surface area contributed by atoms with Crippen molar-refractivity contribution < 1.29 is 4.79 Å². The molecule has 3 rings (SSSR count). The highest BCUT2D eigenvalue weighted by atomic mass is 16.2. The molecule has 0 bridgehead atoms. The van der Waals surface area contributed by atoms with E-state index in [9.17, 15) is 4.79 Å². The molecule has 2 heterocycles. The van der Waals surface area contributed by atoms with Crippen LogP contribution in [0, 0.1) is 19.3 Å². The second-order valence-electron chi connectivity index (χ2n) is 8.42. The molecular weight excluding hydrogens is 350 g/mol. The van der Waals surface area contributed by atoms with Crippen molar-refractivity contribution in [3.63, 3.8) is 0 Å². The Kier molecular flexibility index (Phi) is 5.08. The number of aromatic nitrogens is 2. The van der Waals surface area contributed by atoms with Crippen molar-refractivity contribution in [3.05, 3.63) is 40.7 Å². The molecule has 4 N–H and O–H groups in total. The van der Waals surface area contributed by atoms with Gasteiger partial charge in [0.15, 0.2) is 0 Å². The number of benzene rings is 1. The Bertz CT molecular complexity index is 921. The van der Waals surface area contributed by atoms with Gasteiger partial charge in [-0.1, -0.05) is 34.1 Å². The molecule has 0 fully saturated rings. The van der Waals surface area contributed by atoms with Crippen LogP contribution in [-0.2, 0) is 5.54 Å². The molecule has 2 aromatic rings. The van der Waals surface area contributed by atoms with Gasteiger partial charge in [-0.25, -0.2) is 9.97 Å². The number of nitrogen functional groups attached to an aromatic ring is 1. The van der Waals surface area contributed by atoms with Gasteiger partial charge in [0.1, 0.15) is 18.0 Å². The van der Waals surface area contributed by atoms with Gasteiger partial charge in [0.25, 0.3) is 5.91 Å². The van der Waals surface area contributed by atoms with Crippen LogP contribution in [0.4, 0.5) is 17.3 Å². The van der Waals surface area contributed by atoms with Crippen molar-refractivity contribution in [2.75, 3.05) is 11.1 Å². The lowest BCUT2D eigenvalue weighted by Crippen LogP contribution is -2.50. The molecule has 1 aliphatic heterocycles. The SMILES string of the molecule is CCCC1(C(C)(C)CC)NC(=O)c2c(C)cc(Nc3ncnc(N)c3C)cc21. The number of hydrogen-bond donors (Lipinski definition) is 3. The summed E-state index contributed by atoms with van der Waals surface area (Å²) in [7, 11) is 0. The van der Waals surface area contributed by atoms with E-state index in [-0.39, 0.29) is 16.9 Å². The van der Waals surface area contributed by atoms with Gasteiger partial charge in [0.05, 0.1) is 5.54 Å². The van der Waals surface area contributed by atoms with E-state index >= 15 is 0 Å². The average Bonchev–Trinajstić information content (AvgIpc) is 2.93. The predicted octanol–water partition coefficient (Wildman–Crippen LogP) is 4.59. The molecule has 1 unspecified atom stereocenters.